The number of carbonyl (C=O) groups is 1. The van der Waals surface area contributed by atoms with Crippen molar-refractivity contribution >= 4 is 28.6 Å². The van der Waals surface area contributed by atoms with E-state index >= 15 is 0 Å². The molecule has 1 aromatic heterocycles. The lowest BCUT2D eigenvalue weighted by molar-refractivity contribution is -0.275. The predicted octanol–water partition coefficient (Wildman–Crippen LogP) is 3.15. The smallest absolute Gasteiger partial charge is 0.481 e. The second-order valence-electron chi connectivity index (χ2n) is 3.24. The standard InChI is InChI=1S/C9H5F5INO3/c10-8(11)6-7(19-9(12,13)14)3(2-5(17)18)1-4(15)16-6/h1,8H,2H2,(H,17,18). The number of halogens is 6. The van der Waals surface area contributed by atoms with Crippen molar-refractivity contribution in [2.24, 2.45) is 0 Å². The van der Waals surface area contributed by atoms with Crippen molar-refractivity contribution < 1.29 is 36.6 Å². The summed E-state index contributed by atoms with van der Waals surface area (Å²) in [6.07, 6.45) is -9.42. The van der Waals surface area contributed by atoms with Gasteiger partial charge < -0.3 is 9.84 Å². The van der Waals surface area contributed by atoms with Gasteiger partial charge in [0.15, 0.2) is 11.4 Å². The molecule has 0 aliphatic rings. The van der Waals surface area contributed by atoms with Crippen molar-refractivity contribution in [3.05, 3.63) is 21.0 Å². The van der Waals surface area contributed by atoms with E-state index in [2.05, 4.69) is 9.72 Å². The summed E-state index contributed by atoms with van der Waals surface area (Å²) in [6.45, 7) is 0. The molecule has 0 saturated carbocycles. The van der Waals surface area contributed by atoms with Crippen LogP contribution in [0.15, 0.2) is 6.07 Å². The minimum atomic E-state index is -5.22. The highest BCUT2D eigenvalue weighted by atomic mass is 127. The lowest BCUT2D eigenvalue weighted by Crippen LogP contribution is -2.21. The Hall–Kier alpha value is -1.20. The zero-order chi connectivity index (χ0) is 14.8. The van der Waals surface area contributed by atoms with Crippen LogP contribution < -0.4 is 4.74 Å². The van der Waals surface area contributed by atoms with Gasteiger partial charge in [-0.05, 0) is 28.7 Å². The number of carboxylic acid groups (broad SMARTS) is 1. The molecule has 0 aromatic carbocycles. The molecule has 0 aliphatic carbocycles. The summed E-state index contributed by atoms with van der Waals surface area (Å²) in [5.41, 5.74) is -1.75. The lowest BCUT2D eigenvalue weighted by Gasteiger charge is -2.16. The Morgan fingerprint density at radius 1 is 1.47 bits per heavy atom. The average Bonchev–Trinajstić information content (AvgIpc) is 2.18. The van der Waals surface area contributed by atoms with Crippen LogP contribution in [0.4, 0.5) is 22.0 Å². The Balaban J connectivity index is 3.38. The summed E-state index contributed by atoms with van der Waals surface area (Å²) in [7, 11) is 0. The van der Waals surface area contributed by atoms with Gasteiger partial charge in [0.1, 0.15) is 3.70 Å². The summed E-state index contributed by atoms with van der Waals surface area (Å²) in [4.78, 5) is 13.8. The van der Waals surface area contributed by atoms with Crippen molar-refractivity contribution in [2.45, 2.75) is 19.2 Å². The molecule has 0 spiro atoms. The van der Waals surface area contributed by atoms with Gasteiger partial charge in [-0.25, -0.2) is 13.8 Å². The molecule has 0 radical (unpaired) electrons. The van der Waals surface area contributed by atoms with Crippen LogP contribution in [-0.4, -0.2) is 22.4 Å². The van der Waals surface area contributed by atoms with Gasteiger partial charge in [0, 0.05) is 5.56 Å². The van der Waals surface area contributed by atoms with Gasteiger partial charge in [0.25, 0.3) is 6.43 Å². The Bertz CT molecular complexity index is 491. The third kappa shape index (κ3) is 4.76. The fourth-order valence-electron chi connectivity index (χ4n) is 1.25. The van der Waals surface area contributed by atoms with E-state index in [0.717, 1.165) is 6.07 Å². The van der Waals surface area contributed by atoms with Gasteiger partial charge in [-0.1, -0.05) is 0 Å². The van der Waals surface area contributed by atoms with Crippen LogP contribution in [-0.2, 0) is 11.2 Å². The molecule has 0 unspecified atom stereocenters. The number of pyridine rings is 1. The molecule has 0 amide bonds. The highest BCUT2D eigenvalue weighted by Crippen LogP contribution is 2.35. The van der Waals surface area contributed by atoms with Gasteiger partial charge in [-0.3, -0.25) is 4.79 Å². The molecule has 10 heteroatoms. The molecule has 4 nitrogen and oxygen atoms in total. The van der Waals surface area contributed by atoms with Crippen molar-refractivity contribution in [2.75, 3.05) is 0 Å². The van der Waals surface area contributed by atoms with Gasteiger partial charge in [-0.2, -0.15) is 0 Å². The molecule has 106 valence electrons. The topological polar surface area (TPSA) is 59.4 Å². The van der Waals surface area contributed by atoms with E-state index in [1.165, 1.54) is 22.6 Å². The van der Waals surface area contributed by atoms with Crippen LogP contribution in [0.3, 0.4) is 0 Å². The zero-order valence-electron chi connectivity index (χ0n) is 8.84. The van der Waals surface area contributed by atoms with E-state index in [-0.39, 0.29) is 3.70 Å². The van der Waals surface area contributed by atoms with Gasteiger partial charge in [-0.15, -0.1) is 13.2 Å². The number of alkyl halides is 5. The van der Waals surface area contributed by atoms with E-state index in [1.54, 1.807) is 0 Å². The molecular weight excluding hydrogens is 392 g/mol. The van der Waals surface area contributed by atoms with Gasteiger partial charge in [0.2, 0.25) is 0 Å². The number of aromatic nitrogens is 1. The molecular formula is C9H5F5INO3. The fraction of sp³-hybridized carbons (Fsp3) is 0.333. The largest absolute Gasteiger partial charge is 0.573 e. The van der Waals surface area contributed by atoms with E-state index in [4.69, 9.17) is 5.11 Å². The quantitative estimate of drug-likeness (QED) is 0.482. The Morgan fingerprint density at radius 3 is 2.47 bits per heavy atom. The fourth-order valence-corrected chi connectivity index (χ4v) is 1.88. The van der Waals surface area contributed by atoms with Crippen molar-refractivity contribution in [1.29, 1.82) is 0 Å². The second-order valence-corrected chi connectivity index (χ2v) is 4.34. The van der Waals surface area contributed by atoms with Gasteiger partial charge in [0.05, 0.1) is 6.42 Å². The Kier molecular flexibility index (Phi) is 4.87. The minimum absolute atomic E-state index is 0.0568. The maximum Gasteiger partial charge on any atom is 0.573 e. The van der Waals surface area contributed by atoms with Crippen molar-refractivity contribution in [1.82, 2.24) is 4.98 Å². The molecule has 0 atom stereocenters. The summed E-state index contributed by atoms with van der Waals surface area (Å²) in [5.74, 6) is -2.74. The first-order valence-electron chi connectivity index (χ1n) is 4.55. The predicted molar refractivity (Wildman–Crippen MR) is 59.9 cm³/mol. The molecule has 1 N–H and O–H groups in total. The SMILES string of the molecule is O=C(O)Cc1cc(I)nc(C(F)F)c1OC(F)(F)F. The van der Waals surface area contributed by atoms with Crippen LogP contribution in [0.1, 0.15) is 17.7 Å². The van der Waals surface area contributed by atoms with Gasteiger partial charge >= 0.3 is 12.3 Å². The summed E-state index contributed by atoms with van der Waals surface area (Å²) in [5, 5.41) is 8.56. The molecule has 0 aliphatic heterocycles. The van der Waals surface area contributed by atoms with Crippen LogP contribution in [0, 0.1) is 3.70 Å². The molecule has 1 heterocycles. The first kappa shape index (κ1) is 15.9. The number of ether oxygens (including phenoxy) is 1. The van der Waals surface area contributed by atoms with Crippen LogP contribution in [0.5, 0.6) is 5.75 Å². The summed E-state index contributed by atoms with van der Waals surface area (Å²) >= 11 is 1.49. The summed E-state index contributed by atoms with van der Waals surface area (Å²) in [6, 6.07) is 0.946. The lowest BCUT2D eigenvalue weighted by atomic mass is 10.1. The Morgan fingerprint density at radius 2 is 2.05 bits per heavy atom. The monoisotopic (exact) mass is 397 g/mol. The summed E-state index contributed by atoms with van der Waals surface area (Å²) < 4.78 is 65.2. The highest BCUT2D eigenvalue weighted by molar-refractivity contribution is 14.1. The molecule has 1 aromatic rings. The number of hydrogen-bond acceptors (Lipinski definition) is 3. The zero-order valence-corrected chi connectivity index (χ0v) is 11.0. The van der Waals surface area contributed by atoms with Crippen molar-refractivity contribution in [3.8, 4) is 5.75 Å². The number of hydrogen-bond donors (Lipinski definition) is 1. The maximum atomic E-state index is 12.6. The molecule has 0 bridgehead atoms. The second kappa shape index (κ2) is 5.84. The van der Waals surface area contributed by atoms with Crippen molar-refractivity contribution in [3.63, 3.8) is 0 Å². The number of aliphatic carboxylic acids is 1. The van der Waals surface area contributed by atoms with E-state index < -0.39 is 42.2 Å². The number of rotatable bonds is 4. The average molecular weight is 397 g/mol. The maximum absolute atomic E-state index is 12.6. The van der Waals surface area contributed by atoms with Crippen LogP contribution >= 0.6 is 22.6 Å². The highest BCUT2D eigenvalue weighted by Gasteiger charge is 2.35. The molecule has 1 rings (SSSR count). The molecule has 19 heavy (non-hydrogen) atoms. The molecule has 0 saturated heterocycles. The first-order chi connectivity index (χ1) is 8.60. The number of nitrogens with zero attached hydrogens (tertiary/aromatic N) is 1. The minimum Gasteiger partial charge on any atom is -0.481 e. The normalized spacial score (nSPS) is 11.7. The van der Waals surface area contributed by atoms with E-state index in [0.29, 0.717) is 0 Å². The van der Waals surface area contributed by atoms with Crippen LogP contribution in [0.2, 0.25) is 0 Å². The van der Waals surface area contributed by atoms with E-state index in [9.17, 15) is 26.7 Å². The Labute approximate surface area is 116 Å². The third-order valence-corrected chi connectivity index (χ3v) is 2.36. The number of carboxylic acids is 1. The van der Waals surface area contributed by atoms with E-state index in [1.807, 2.05) is 0 Å². The first-order valence-corrected chi connectivity index (χ1v) is 5.63. The molecule has 0 fully saturated rings. The third-order valence-electron chi connectivity index (χ3n) is 1.81. The van der Waals surface area contributed by atoms with Crippen LogP contribution in [0.25, 0.3) is 0 Å².